The van der Waals surface area contributed by atoms with Crippen LogP contribution >= 0.6 is 0 Å². The van der Waals surface area contributed by atoms with Crippen molar-refractivity contribution in [2.24, 2.45) is 0 Å². The van der Waals surface area contributed by atoms with E-state index >= 15 is 0 Å². The zero-order valence-corrected chi connectivity index (χ0v) is 10.9. The molecule has 2 atom stereocenters. The Morgan fingerprint density at radius 3 is 2.56 bits per heavy atom. The number of carbonyl (C=O) groups is 1. The Bertz CT molecular complexity index is 366. The highest BCUT2D eigenvalue weighted by atomic mass is 32.2. The molecule has 1 aliphatic rings. The van der Waals surface area contributed by atoms with Crippen LogP contribution in [0.15, 0.2) is 0 Å². The Labute approximate surface area is 96.9 Å². The van der Waals surface area contributed by atoms with Crippen molar-refractivity contribution < 1.29 is 13.2 Å². The molecule has 1 fully saturated rings. The van der Waals surface area contributed by atoms with Gasteiger partial charge in [0.25, 0.3) is 0 Å². The van der Waals surface area contributed by atoms with Crippen LogP contribution in [0, 0.1) is 0 Å². The van der Waals surface area contributed by atoms with Crippen molar-refractivity contribution in [1.29, 1.82) is 0 Å². The standard InChI is InChI=1S/C10H20N2O3S/c1-4-8(2)11-9(13)12-10(3)5-6-16(14,15)7-10/h8H,4-7H2,1-3H3,(H2,11,12,13). The summed E-state index contributed by atoms with van der Waals surface area (Å²) in [4.78, 5) is 11.6. The minimum Gasteiger partial charge on any atom is -0.336 e. The van der Waals surface area contributed by atoms with Crippen LogP contribution in [-0.2, 0) is 9.84 Å². The fourth-order valence-corrected chi connectivity index (χ4v) is 3.84. The average Bonchev–Trinajstić information content (AvgIpc) is 2.39. The highest BCUT2D eigenvalue weighted by Crippen LogP contribution is 2.22. The third-order valence-corrected chi connectivity index (χ3v) is 4.81. The summed E-state index contributed by atoms with van der Waals surface area (Å²) in [5.41, 5.74) is -0.615. The molecule has 1 saturated heterocycles. The van der Waals surface area contributed by atoms with Gasteiger partial charge in [0.15, 0.2) is 9.84 Å². The Kier molecular flexibility index (Phi) is 3.83. The van der Waals surface area contributed by atoms with Crippen LogP contribution in [0.25, 0.3) is 0 Å². The highest BCUT2D eigenvalue weighted by molar-refractivity contribution is 7.91. The minimum atomic E-state index is -2.98. The summed E-state index contributed by atoms with van der Waals surface area (Å²) in [5.74, 6) is 0.195. The van der Waals surface area contributed by atoms with E-state index in [4.69, 9.17) is 0 Å². The number of rotatable bonds is 3. The Hall–Kier alpha value is -0.780. The summed E-state index contributed by atoms with van der Waals surface area (Å²) in [5, 5.41) is 5.51. The number of carbonyl (C=O) groups excluding carboxylic acids is 1. The molecular weight excluding hydrogens is 228 g/mol. The van der Waals surface area contributed by atoms with Gasteiger partial charge in [-0.2, -0.15) is 0 Å². The van der Waals surface area contributed by atoms with E-state index in [0.29, 0.717) is 6.42 Å². The van der Waals surface area contributed by atoms with Crippen LogP contribution in [0.3, 0.4) is 0 Å². The van der Waals surface area contributed by atoms with Crippen molar-refractivity contribution in [3.05, 3.63) is 0 Å². The number of sulfone groups is 1. The Balaban J connectivity index is 2.52. The first-order chi connectivity index (χ1) is 7.26. The van der Waals surface area contributed by atoms with Crippen molar-refractivity contribution in [2.45, 2.75) is 45.2 Å². The van der Waals surface area contributed by atoms with E-state index in [2.05, 4.69) is 10.6 Å². The van der Waals surface area contributed by atoms with Crippen LogP contribution in [0.2, 0.25) is 0 Å². The van der Waals surface area contributed by atoms with Gasteiger partial charge < -0.3 is 10.6 Å². The van der Waals surface area contributed by atoms with E-state index < -0.39 is 15.4 Å². The molecule has 0 aromatic carbocycles. The third kappa shape index (κ3) is 3.66. The maximum atomic E-state index is 11.6. The van der Waals surface area contributed by atoms with Gasteiger partial charge in [0, 0.05) is 6.04 Å². The molecule has 6 heteroatoms. The molecule has 0 aromatic heterocycles. The Morgan fingerprint density at radius 2 is 2.12 bits per heavy atom. The maximum absolute atomic E-state index is 11.6. The van der Waals surface area contributed by atoms with Crippen LogP contribution in [-0.4, -0.2) is 37.5 Å². The second-order valence-corrected chi connectivity index (χ2v) is 6.99. The van der Waals surface area contributed by atoms with Crippen molar-refractivity contribution in [1.82, 2.24) is 10.6 Å². The maximum Gasteiger partial charge on any atom is 0.315 e. The van der Waals surface area contributed by atoms with E-state index in [1.165, 1.54) is 0 Å². The zero-order chi connectivity index (χ0) is 12.4. The molecule has 0 aromatic rings. The third-order valence-electron chi connectivity index (χ3n) is 2.91. The molecule has 16 heavy (non-hydrogen) atoms. The molecule has 0 bridgehead atoms. The molecule has 1 heterocycles. The summed E-state index contributed by atoms with van der Waals surface area (Å²) in [6.45, 7) is 5.66. The first-order valence-corrected chi connectivity index (χ1v) is 7.37. The zero-order valence-electron chi connectivity index (χ0n) is 10.0. The molecule has 0 saturated carbocycles. The quantitative estimate of drug-likeness (QED) is 0.770. The Morgan fingerprint density at radius 1 is 1.50 bits per heavy atom. The topological polar surface area (TPSA) is 75.3 Å². The van der Waals surface area contributed by atoms with Crippen molar-refractivity contribution in [2.75, 3.05) is 11.5 Å². The number of hydrogen-bond donors (Lipinski definition) is 2. The molecule has 0 radical (unpaired) electrons. The smallest absolute Gasteiger partial charge is 0.315 e. The predicted molar refractivity (Wildman–Crippen MR) is 63.1 cm³/mol. The van der Waals surface area contributed by atoms with Crippen LogP contribution < -0.4 is 10.6 Å². The van der Waals surface area contributed by atoms with Crippen molar-refractivity contribution in [3.63, 3.8) is 0 Å². The second-order valence-electron chi connectivity index (χ2n) is 4.81. The van der Waals surface area contributed by atoms with Gasteiger partial charge in [0.2, 0.25) is 0 Å². The average molecular weight is 248 g/mol. The number of hydrogen-bond acceptors (Lipinski definition) is 3. The summed E-state index contributed by atoms with van der Waals surface area (Å²) >= 11 is 0. The molecule has 0 aliphatic carbocycles. The molecular formula is C10H20N2O3S. The fraction of sp³-hybridized carbons (Fsp3) is 0.900. The molecule has 1 aliphatic heterocycles. The molecule has 2 unspecified atom stereocenters. The molecule has 0 spiro atoms. The van der Waals surface area contributed by atoms with Crippen LogP contribution in [0.4, 0.5) is 4.79 Å². The van der Waals surface area contributed by atoms with Crippen LogP contribution in [0.5, 0.6) is 0 Å². The molecule has 2 amide bonds. The first-order valence-electron chi connectivity index (χ1n) is 5.55. The summed E-state index contributed by atoms with van der Waals surface area (Å²) in [6, 6.07) is -0.185. The second kappa shape index (κ2) is 4.61. The predicted octanol–water partition coefficient (Wildman–Crippen LogP) is 0.661. The molecule has 2 N–H and O–H groups in total. The fourth-order valence-electron chi connectivity index (χ4n) is 1.75. The first kappa shape index (κ1) is 13.3. The summed E-state index contributed by atoms with van der Waals surface area (Å²) < 4.78 is 22.7. The van der Waals surface area contributed by atoms with E-state index in [0.717, 1.165) is 6.42 Å². The van der Waals surface area contributed by atoms with Gasteiger partial charge in [-0.25, -0.2) is 13.2 Å². The van der Waals surface area contributed by atoms with E-state index in [1.807, 2.05) is 13.8 Å². The van der Waals surface area contributed by atoms with Gasteiger partial charge in [0.05, 0.1) is 17.0 Å². The van der Waals surface area contributed by atoms with Gasteiger partial charge in [-0.3, -0.25) is 0 Å². The minimum absolute atomic E-state index is 0.0356. The monoisotopic (exact) mass is 248 g/mol. The van der Waals surface area contributed by atoms with Crippen molar-refractivity contribution >= 4 is 15.9 Å². The lowest BCUT2D eigenvalue weighted by molar-refractivity contribution is 0.227. The number of amides is 2. The lowest BCUT2D eigenvalue weighted by atomic mass is 10.0. The molecule has 5 nitrogen and oxygen atoms in total. The van der Waals surface area contributed by atoms with Gasteiger partial charge in [-0.15, -0.1) is 0 Å². The highest BCUT2D eigenvalue weighted by Gasteiger charge is 2.39. The van der Waals surface area contributed by atoms with Gasteiger partial charge in [-0.1, -0.05) is 6.92 Å². The van der Waals surface area contributed by atoms with Crippen LogP contribution in [0.1, 0.15) is 33.6 Å². The SMILES string of the molecule is CCC(C)NC(=O)NC1(C)CCS(=O)(=O)C1. The lowest BCUT2D eigenvalue weighted by Crippen LogP contribution is -2.52. The van der Waals surface area contributed by atoms with E-state index in [-0.39, 0.29) is 23.6 Å². The van der Waals surface area contributed by atoms with Crippen molar-refractivity contribution in [3.8, 4) is 0 Å². The summed E-state index contributed by atoms with van der Waals surface area (Å²) in [7, 11) is -2.98. The number of nitrogens with one attached hydrogen (secondary N) is 2. The van der Waals surface area contributed by atoms with Gasteiger partial charge >= 0.3 is 6.03 Å². The number of urea groups is 1. The van der Waals surface area contributed by atoms with Gasteiger partial charge in [0.1, 0.15) is 0 Å². The molecule has 1 rings (SSSR count). The van der Waals surface area contributed by atoms with E-state index in [9.17, 15) is 13.2 Å². The lowest BCUT2D eigenvalue weighted by Gasteiger charge is -2.25. The normalized spacial score (nSPS) is 29.7. The van der Waals surface area contributed by atoms with Gasteiger partial charge in [-0.05, 0) is 26.7 Å². The molecule has 94 valence electrons. The largest absolute Gasteiger partial charge is 0.336 e. The van der Waals surface area contributed by atoms with E-state index in [1.54, 1.807) is 6.92 Å². The summed E-state index contributed by atoms with van der Waals surface area (Å²) in [6.07, 6.45) is 1.34.